The molecule has 2 rings (SSSR count). The van der Waals surface area contributed by atoms with Crippen molar-refractivity contribution in [3.05, 3.63) is 29.8 Å². The molecule has 0 N–H and O–H groups in total. The Morgan fingerprint density at radius 3 is 2.25 bits per heavy atom. The van der Waals surface area contributed by atoms with Gasteiger partial charge in [-0.1, -0.05) is 25.0 Å². The molecule has 0 atom stereocenters. The Hall–Kier alpha value is -2.04. The van der Waals surface area contributed by atoms with E-state index in [4.69, 9.17) is 4.74 Å². The Balaban J connectivity index is 1.88. The van der Waals surface area contributed by atoms with Gasteiger partial charge in [0.2, 0.25) is 11.8 Å². The zero-order valence-corrected chi connectivity index (χ0v) is 14.8. The third-order valence-corrected chi connectivity index (χ3v) is 4.56. The highest BCUT2D eigenvalue weighted by Gasteiger charge is 2.20. The van der Waals surface area contributed by atoms with Crippen molar-refractivity contribution in [3.8, 4) is 5.75 Å². The van der Waals surface area contributed by atoms with E-state index in [-0.39, 0.29) is 18.4 Å². The zero-order valence-electron chi connectivity index (χ0n) is 14.8. The first-order valence-corrected chi connectivity index (χ1v) is 8.76. The SMILES string of the molecule is COc1ccc(CCN(CC(=O)N2CCCCCC2)C(C)=O)cc1. The van der Waals surface area contributed by atoms with E-state index in [0.717, 1.165) is 43.7 Å². The number of hydrogen-bond donors (Lipinski definition) is 0. The largest absolute Gasteiger partial charge is 0.497 e. The summed E-state index contributed by atoms with van der Waals surface area (Å²) in [5.74, 6) is 0.840. The van der Waals surface area contributed by atoms with Crippen molar-refractivity contribution >= 4 is 11.8 Å². The fourth-order valence-corrected chi connectivity index (χ4v) is 2.99. The average molecular weight is 332 g/mol. The van der Waals surface area contributed by atoms with E-state index < -0.39 is 0 Å². The van der Waals surface area contributed by atoms with E-state index in [0.29, 0.717) is 6.54 Å². The second-order valence-electron chi connectivity index (χ2n) is 6.33. The van der Waals surface area contributed by atoms with Crippen molar-refractivity contribution < 1.29 is 14.3 Å². The third kappa shape index (κ3) is 5.55. The van der Waals surface area contributed by atoms with Crippen molar-refractivity contribution in [2.24, 2.45) is 0 Å². The van der Waals surface area contributed by atoms with Crippen LogP contribution in [0.25, 0.3) is 0 Å². The molecular weight excluding hydrogens is 304 g/mol. The van der Waals surface area contributed by atoms with Crippen molar-refractivity contribution in [3.63, 3.8) is 0 Å². The predicted molar refractivity (Wildman–Crippen MR) is 94.0 cm³/mol. The van der Waals surface area contributed by atoms with Gasteiger partial charge in [-0.25, -0.2) is 0 Å². The average Bonchev–Trinajstić information content (AvgIpc) is 2.88. The summed E-state index contributed by atoms with van der Waals surface area (Å²) < 4.78 is 5.15. The minimum Gasteiger partial charge on any atom is -0.497 e. The molecule has 1 aliphatic rings. The van der Waals surface area contributed by atoms with E-state index in [1.807, 2.05) is 29.2 Å². The van der Waals surface area contributed by atoms with Gasteiger partial charge in [0.15, 0.2) is 0 Å². The molecule has 1 saturated heterocycles. The number of hydrogen-bond acceptors (Lipinski definition) is 3. The number of methoxy groups -OCH3 is 1. The van der Waals surface area contributed by atoms with Crippen LogP contribution < -0.4 is 4.74 Å². The Kier molecular flexibility index (Phi) is 7.09. The van der Waals surface area contributed by atoms with Crippen LogP contribution >= 0.6 is 0 Å². The van der Waals surface area contributed by atoms with E-state index >= 15 is 0 Å². The van der Waals surface area contributed by atoms with Crippen LogP contribution in [0.2, 0.25) is 0 Å². The Morgan fingerprint density at radius 1 is 1.08 bits per heavy atom. The lowest BCUT2D eigenvalue weighted by molar-refractivity contribution is -0.139. The molecule has 0 aliphatic carbocycles. The van der Waals surface area contributed by atoms with Gasteiger partial charge in [-0.15, -0.1) is 0 Å². The molecule has 1 heterocycles. The summed E-state index contributed by atoms with van der Waals surface area (Å²) >= 11 is 0. The Morgan fingerprint density at radius 2 is 1.71 bits per heavy atom. The third-order valence-electron chi connectivity index (χ3n) is 4.56. The summed E-state index contributed by atoms with van der Waals surface area (Å²) in [4.78, 5) is 27.9. The van der Waals surface area contributed by atoms with Crippen molar-refractivity contribution in [2.75, 3.05) is 33.3 Å². The Bertz CT molecular complexity index is 534. The lowest BCUT2D eigenvalue weighted by atomic mass is 10.1. The standard InChI is InChI=1S/C19H28N2O3/c1-16(22)21(14-11-17-7-9-18(24-2)10-8-17)15-19(23)20-12-5-3-4-6-13-20/h7-10H,3-6,11-15H2,1-2H3. The van der Waals surface area contributed by atoms with E-state index in [9.17, 15) is 9.59 Å². The molecule has 132 valence electrons. The summed E-state index contributed by atoms with van der Waals surface area (Å²) in [5.41, 5.74) is 1.13. The second kappa shape index (κ2) is 9.30. The molecule has 0 bridgehead atoms. The first-order valence-electron chi connectivity index (χ1n) is 8.76. The van der Waals surface area contributed by atoms with Gasteiger partial charge in [0.1, 0.15) is 5.75 Å². The van der Waals surface area contributed by atoms with Crippen molar-refractivity contribution in [1.82, 2.24) is 9.80 Å². The highest BCUT2D eigenvalue weighted by atomic mass is 16.5. The quantitative estimate of drug-likeness (QED) is 0.804. The summed E-state index contributed by atoms with van der Waals surface area (Å²) in [7, 11) is 1.64. The number of nitrogens with zero attached hydrogens (tertiary/aromatic N) is 2. The maximum absolute atomic E-state index is 12.5. The zero-order chi connectivity index (χ0) is 17.4. The molecule has 1 fully saturated rings. The molecule has 0 spiro atoms. The van der Waals surface area contributed by atoms with Gasteiger partial charge in [0.25, 0.3) is 0 Å². The highest BCUT2D eigenvalue weighted by molar-refractivity contribution is 5.83. The molecule has 1 aromatic rings. The van der Waals surface area contributed by atoms with Gasteiger partial charge < -0.3 is 14.5 Å². The predicted octanol–water partition coefficient (Wildman–Crippen LogP) is 2.49. The van der Waals surface area contributed by atoms with Gasteiger partial charge in [0.05, 0.1) is 13.7 Å². The lowest BCUT2D eigenvalue weighted by Gasteiger charge is -2.26. The Labute approximate surface area is 144 Å². The summed E-state index contributed by atoms with van der Waals surface area (Å²) in [5, 5.41) is 0. The normalized spacial score (nSPS) is 14.8. The number of likely N-dealkylation sites (tertiary alicyclic amines) is 1. The first-order chi connectivity index (χ1) is 11.6. The molecule has 1 aromatic carbocycles. The molecule has 5 heteroatoms. The maximum Gasteiger partial charge on any atom is 0.242 e. The highest BCUT2D eigenvalue weighted by Crippen LogP contribution is 2.13. The van der Waals surface area contributed by atoms with Crippen LogP contribution in [0.4, 0.5) is 0 Å². The molecule has 0 radical (unpaired) electrons. The number of amides is 2. The van der Waals surface area contributed by atoms with Crippen LogP contribution in [0.1, 0.15) is 38.2 Å². The van der Waals surface area contributed by atoms with Gasteiger partial charge in [-0.3, -0.25) is 9.59 Å². The minimum absolute atomic E-state index is 0.0494. The number of carbonyl (C=O) groups excluding carboxylic acids is 2. The molecule has 24 heavy (non-hydrogen) atoms. The molecule has 0 aromatic heterocycles. The van der Waals surface area contributed by atoms with E-state index in [1.165, 1.54) is 19.8 Å². The minimum atomic E-state index is -0.0494. The van der Waals surface area contributed by atoms with Crippen LogP contribution in [-0.2, 0) is 16.0 Å². The van der Waals surface area contributed by atoms with Crippen LogP contribution in [0, 0.1) is 0 Å². The fourth-order valence-electron chi connectivity index (χ4n) is 2.99. The number of carbonyl (C=O) groups is 2. The summed E-state index contributed by atoms with van der Waals surface area (Å²) in [6.07, 6.45) is 5.25. The van der Waals surface area contributed by atoms with E-state index in [1.54, 1.807) is 12.0 Å². The second-order valence-corrected chi connectivity index (χ2v) is 6.33. The summed E-state index contributed by atoms with van der Waals surface area (Å²) in [6, 6.07) is 7.81. The van der Waals surface area contributed by atoms with Crippen molar-refractivity contribution in [2.45, 2.75) is 39.0 Å². The monoisotopic (exact) mass is 332 g/mol. The maximum atomic E-state index is 12.5. The lowest BCUT2D eigenvalue weighted by Crippen LogP contribution is -2.43. The smallest absolute Gasteiger partial charge is 0.242 e. The number of rotatable bonds is 6. The van der Waals surface area contributed by atoms with Gasteiger partial charge in [0, 0.05) is 26.6 Å². The molecule has 2 amide bonds. The summed E-state index contributed by atoms with van der Waals surface area (Å²) in [6.45, 7) is 3.92. The van der Waals surface area contributed by atoms with Crippen molar-refractivity contribution in [1.29, 1.82) is 0 Å². The molecule has 1 aliphatic heterocycles. The topological polar surface area (TPSA) is 49.9 Å². The molecule has 0 unspecified atom stereocenters. The van der Waals surface area contributed by atoms with Crippen LogP contribution in [0.5, 0.6) is 5.75 Å². The first kappa shape index (κ1) is 18.3. The molecule has 0 saturated carbocycles. The number of benzene rings is 1. The van der Waals surface area contributed by atoms with Crippen LogP contribution in [0.3, 0.4) is 0 Å². The van der Waals surface area contributed by atoms with Gasteiger partial charge in [-0.2, -0.15) is 0 Å². The molecular formula is C19H28N2O3. The molecule has 5 nitrogen and oxygen atoms in total. The van der Waals surface area contributed by atoms with Gasteiger partial charge >= 0.3 is 0 Å². The fraction of sp³-hybridized carbons (Fsp3) is 0.579. The van der Waals surface area contributed by atoms with E-state index in [2.05, 4.69) is 0 Å². The van der Waals surface area contributed by atoms with Crippen LogP contribution in [0.15, 0.2) is 24.3 Å². The number of ether oxygens (including phenoxy) is 1. The van der Waals surface area contributed by atoms with Gasteiger partial charge in [-0.05, 0) is 37.0 Å². The van der Waals surface area contributed by atoms with Crippen LogP contribution in [-0.4, -0.2) is 54.9 Å².